The second kappa shape index (κ2) is 8.91. The quantitative estimate of drug-likeness (QED) is 0.602. The molecule has 0 fully saturated rings. The van der Waals surface area contributed by atoms with E-state index in [-0.39, 0.29) is 17.1 Å². The molecule has 1 aromatic heterocycles. The van der Waals surface area contributed by atoms with Gasteiger partial charge in [0.2, 0.25) is 11.8 Å². The minimum Gasteiger partial charge on any atom is -0.326 e. The van der Waals surface area contributed by atoms with Crippen molar-refractivity contribution in [2.45, 2.75) is 38.1 Å². The van der Waals surface area contributed by atoms with Gasteiger partial charge in [0, 0.05) is 18.3 Å². The molecule has 0 spiro atoms. The molecule has 0 aliphatic carbocycles. The molecular weight excluding hydrogens is 386 g/mol. The molecular formula is C21H23N5O2S. The first-order valence-corrected chi connectivity index (χ1v) is 10.0. The second-order valence-electron chi connectivity index (χ2n) is 6.78. The standard InChI is InChI=1S/C21H23N5O2S/c1-13-8-9-14(2)19(10-13)24-20(28)15(3)29-21-25-22-12-26(21)18-7-5-6-17(11-18)23-16(4)27/h5-12,15H,1-4H3,(H,23,27)(H,24,28)/t15-/m1/s1. The first kappa shape index (κ1) is 20.6. The lowest BCUT2D eigenvalue weighted by atomic mass is 10.1. The Morgan fingerprint density at radius 1 is 1.10 bits per heavy atom. The van der Waals surface area contributed by atoms with E-state index in [1.807, 2.05) is 63.2 Å². The fourth-order valence-corrected chi connectivity index (χ4v) is 3.58. The molecule has 2 amide bonds. The fourth-order valence-electron chi connectivity index (χ4n) is 2.74. The first-order valence-electron chi connectivity index (χ1n) is 9.16. The van der Waals surface area contributed by atoms with Crippen LogP contribution in [0.5, 0.6) is 0 Å². The number of benzene rings is 2. The second-order valence-corrected chi connectivity index (χ2v) is 8.09. The fraction of sp³-hybridized carbons (Fsp3) is 0.238. The van der Waals surface area contributed by atoms with Crippen molar-refractivity contribution in [3.05, 3.63) is 59.9 Å². The summed E-state index contributed by atoms with van der Waals surface area (Å²) in [6.45, 7) is 7.25. The molecule has 0 aliphatic rings. The minimum atomic E-state index is -0.378. The van der Waals surface area contributed by atoms with Gasteiger partial charge in [0.15, 0.2) is 5.16 Å². The largest absolute Gasteiger partial charge is 0.326 e. The highest BCUT2D eigenvalue weighted by molar-refractivity contribution is 8.00. The predicted molar refractivity (Wildman–Crippen MR) is 116 cm³/mol. The third kappa shape index (κ3) is 5.23. The summed E-state index contributed by atoms with van der Waals surface area (Å²) in [5.74, 6) is -0.248. The van der Waals surface area contributed by atoms with Crippen LogP contribution in [0.3, 0.4) is 0 Å². The van der Waals surface area contributed by atoms with Gasteiger partial charge < -0.3 is 10.6 Å². The number of nitrogens with one attached hydrogen (secondary N) is 2. The Morgan fingerprint density at radius 2 is 1.90 bits per heavy atom. The monoisotopic (exact) mass is 409 g/mol. The zero-order valence-corrected chi connectivity index (χ0v) is 17.6. The lowest BCUT2D eigenvalue weighted by Gasteiger charge is -2.14. The van der Waals surface area contributed by atoms with Crippen molar-refractivity contribution in [1.29, 1.82) is 0 Å². The van der Waals surface area contributed by atoms with Gasteiger partial charge in [-0.25, -0.2) is 0 Å². The average molecular weight is 410 g/mol. The lowest BCUT2D eigenvalue weighted by Crippen LogP contribution is -2.23. The van der Waals surface area contributed by atoms with Crippen LogP contribution in [-0.4, -0.2) is 31.8 Å². The van der Waals surface area contributed by atoms with E-state index in [0.29, 0.717) is 10.8 Å². The van der Waals surface area contributed by atoms with Gasteiger partial charge in [-0.3, -0.25) is 14.2 Å². The zero-order valence-electron chi connectivity index (χ0n) is 16.8. The third-order valence-electron chi connectivity index (χ3n) is 4.26. The third-order valence-corrected chi connectivity index (χ3v) is 5.32. The number of aromatic nitrogens is 3. The number of thioether (sulfide) groups is 1. The van der Waals surface area contributed by atoms with Crippen molar-refractivity contribution in [2.75, 3.05) is 10.6 Å². The van der Waals surface area contributed by atoms with E-state index in [0.717, 1.165) is 22.5 Å². The van der Waals surface area contributed by atoms with Crippen molar-refractivity contribution >= 4 is 35.0 Å². The van der Waals surface area contributed by atoms with Gasteiger partial charge in [-0.2, -0.15) is 0 Å². The molecule has 150 valence electrons. The molecule has 0 unspecified atom stereocenters. The Hall–Kier alpha value is -3.13. The van der Waals surface area contributed by atoms with Crippen molar-refractivity contribution in [1.82, 2.24) is 14.8 Å². The number of anilines is 2. The molecule has 0 saturated carbocycles. The number of carbonyl (C=O) groups is 2. The molecule has 0 aliphatic heterocycles. The maximum atomic E-state index is 12.7. The van der Waals surface area contributed by atoms with Crippen LogP contribution in [-0.2, 0) is 9.59 Å². The average Bonchev–Trinajstić information content (AvgIpc) is 3.12. The Bertz CT molecular complexity index is 1050. The summed E-state index contributed by atoms with van der Waals surface area (Å²) in [7, 11) is 0. The molecule has 0 saturated heterocycles. The van der Waals surface area contributed by atoms with Crippen LogP contribution >= 0.6 is 11.8 Å². The lowest BCUT2D eigenvalue weighted by molar-refractivity contribution is -0.115. The molecule has 1 heterocycles. The molecule has 3 aromatic rings. The van der Waals surface area contributed by atoms with E-state index < -0.39 is 0 Å². The summed E-state index contributed by atoms with van der Waals surface area (Å²) in [6.07, 6.45) is 1.59. The Labute approximate surface area is 173 Å². The molecule has 2 aromatic carbocycles. The van der Waals surface area contributed by atoms with Crippen LogP contribution in [0.1, 0.15) is 25.0 Å². The summed E-state index contributed by atoms with van der Waals surface area (Å²) in [6, 6.07) is 13.3. The number of amides is 2. The molecule has 0 radical (unpaired) electrons. The summed E-state index contributed by atoms with van der Waals surface area (Å²) in [5, 5.41) is 14.1. The van der Waals surface area contributed by atoms with E-state index in [4.69, 9.17) is 0 Å². The molecule has 2 N–H and O–H groups in total. The van der Waals surface area contributed by atoms with Gasteiger partial charge in [0.1, 0.15) is 6.33 Å². The van der Waals surface area contributed by atoms with Gasteiger partial charge in [-0.15, -0.1) is 10.2 Å². The Balaban J connectivity index is 1.75. The Kier molecular flexibility index (Phi) is 6.33. The smallest absolute Gasteiger partial charge is 0.237 e. The normalized spacial score (nSPS) is 11.7. The number of nitrogens with zero attached hydrogens (tertiary/aromatic N) is 3. The number of aryl methyl sites for hydroxylation is 2. The minimum absolute atomic E-state index is 0.106. The van der Waals surface area contributed by atoms with Gasteiger partial charge in [-0.05, 0) is 56.2 Å². The number of hydrogen-bond donors (Lipinski definition) is 2. The van der Waals surface area contributed by atoms with E-state index in [2.05, 4.69) is 20.8 Å². The number of carbonyl (C=O) groups excluding carboxylic acids is 2. The van der Waals surface area contributed by atoms with E-state index >= 15 is 0 Å². The van der Waals surface area contributed by atoms with Crippen molar-refractivity contribution in [3.63, 3.8) is 0 Å². The molecule has 29 heavy (non-hydrogen) atoms. The van der Waals surface area contributed by atoms with E-state index in [1.54, 1.807) is 10.9 Å². The highest BCUT2D eigenvalue weighted by atomic mass is 32.2. The van der Waals surface area contributed by atoms with E-state index in [1.165, 1.54) is 18.7 Å². The van der Waals surface area contributed by atoms with Crippen LogP contribution in [0.4, 0.5) is 11.4 Å². The van der Waals surface area contributed by atoms with Crippen LogP contribution in [0.2, 0.25) is 0 Å². The van der Waals surface area contributed by atoms with Crippen LogP contribution in [0, 0.1) is 13.8 Å². The van der Waals surface area contributed by atoms with Gasteiger partial charge in [0.25, 0.3) is 0 Å². The SMILES string of the molecule is CC(=O)Nc1cccc(-n2cnnc2S[C@H](C)C(=O)Nc2cc(C)ccc2C)c1. The first-order chi connectivity index (χ1) is 13.8. The summed E-state index contributed by atoms with van der Waals surface area (Å²) in [5.41, 5.74) is 4.39. The van der Waals surface area contributed by atoms with Gasteiger partial charge in [-0.1, -0.05) is 30.0 Å². The molecule has 1 atom stereocenters. The zero-order chi connectivity index (χ0) is 21.0. The summed E-state index contributed by atoms with van der Waals surface area (Å²) >= 11 is 1.32. The maximum Gasteiger partial charge on any atom is 0.237 e. The summed E-state index contributed by atoms with van der Waals surface area (Å²) in [4.78, 5) is 24.0. The number of hydrogen-bond acceptors (Lipinski definition) is 5. The van der Waals surface area contributed by atoms with Crippen LogP contribution < -0.4 is 10.6 Å². The Morgan fingerprint density at radius 3 is 2.66 bits per heavy atom. The van der Waals surface area contributed by atoms with Gasteiger partial charge in [0.05, 0.1) is 10.9 Å². The predicted octanol–water partition coefficient (Wildman–Crippen LogP) is 3.96. The maximum absolute atomic E-state index is 12.7. The molecule has 7 nitrogen and oxygen atoms in total. The molecule has 0 bridgehead atoms. The van der Waals surface area contributed by atoms with E-state index in [9.17, 15) is 9.59 Å². The topological polar surface area (TPSA) is 88.9 Å². The van der Waals surface area contributed by atoms with Crippen LogP contribution in [0.25, 0.3) is 5.69 Å². The highest BCUT2D eigenvalue weighted by Gasteiger charge is 2.19. The molecule has 8 heteroatoms. The molecule has 3 rings (SSSR count). The summed E-state index contributed by atoms with van der Waals surface area (Å²) < 4.78 is 1.79. The van der Waals surface area contributed by atoms with Crippen molar-refractivity contribution in [3.8, 4) is 5.69 Å². The van der Waals surface area contributed by atoms with Crippen molar-refractivity contribution in [2.24, 2.45) is 0 Å². The van der Waals surface area contributed by atoms with Crippen molar-refractivity contribution < 1.29 is 9.59 Å². The van der Waals surface area contributed by atoms with Gasteiger partial charge >= 0.3 is 0 Å². The highest BCUT2D eigenvalue weighted by Crippen LogP contribution is 2.26. The number of rotatable bonds is 6. The van der Waals surface area contributed by atoms with Crippen LogP contribution in [0.15, 0.2) is 53.9 Å².